The van der Waals surface area contributed by atoms with Gasteiger partial charge in [-0.15, -0.1) is 0 Å². The average molecular weight is 117 g/mol. The van der Waals surface area contributed by atoms with Crippen molar-refractivity contribution >= 4 is 18.5 Å². The lowest BCUT2D eigenvalue weighted by molar-refractivity contribution is -0.119. The van der Waals surface area contributed by atoms with Gasteiger partial charge < -0.3 is 5.73 Å². The second kappa shape index (κ2) is 1.40. The van der Waals surface area contributed by atoms with Gasteiger partial charge in [-0.25, -0.2) is 0 Å². The number of amides is 1. The van der Waals surface area contributed by atoms with E-state index in [1.54, 1.807) is 0 Å². The van der Waals surface area contributed by atoms with Crippen molar-refractivity contribution < 1.29 is 4.79 Å². The lowest BCUT2D eigenvalue weighted by Crippen LogP contribution is -2.13. The van der Waals surface area contributed by atoms with Crippen molar-refractivity contribution in [3.63, 3.8) is 0 Å². The zero-order chi connectivity index (χ0) is 5.44. The molecule has 1 rings (SSSR count). The summed E-state index contributed by atoms with van der Waals surface area (Å²) >= 11 is 4.01. The van der Waals surface area contributed by atoms with Crippen LogP contribution in [0.25, 0.3) is 0 Å². The predicted octanol–water partition coefficient (Wildman–Crippen LogP) is -0.210. The van der Waals surface area contributed by atoms with E-state index in [4.69, 9.17) is 5.73 Å². The maximum atomic E-state index is 10.1. The Morgan fingerprint density at radius 1 is 1.86 bits per heavy atom. The Morgan fingerprint density at radius 2 is 2.29 bits per heavy atom. The molecule has 1 amide bonds. The van der Waals surface area contributed by atoms with Gasteiger partial charge in [-0.2, -0.15) is 12.6 Å². The van der Waals surface area contributed by atoms with Crippen LogP contribution in [0.4, 0.5) is 0 Å². The van der Waals surface area contributed by atoms with Gasteiger partial charge in [0.05, 0.1) is 5.92 Å². The van der Waals surface area contributed by atoms with Crippen LogP contribution in [0.3, 0.4) is 0 Å². The van der Waals surface area contributed by atoms with Crippen LogP contribution in [-0.2, 0) is 4.79 Å². The quantitative estimate of drug-likeness (QED) is 0.458. The summed E-state index contributed by atoms with van der Waals surface area (Å²) in [5.74, 6) is -0.136. The van der Waals surface area contributed by atoms with Gasteiger partial charge in [0.1, 0.15) is 0 Å². The Kier molecular flexibility index (Phi) is 0.995. The van der Waals surface area contributed by atoms with Gasteiger partial charge in [0.25, 0.3) is 0 Å². The minimum Gasteiger partial charge on any atom is -0.369 e. The van der Waals surface area contributed by atoms with E-state index >= 15 is 0 Å². The van der Waals surface area contributed by atoms with Crippen LogP contribution in [0, 0.1) is 5.92 Å². The summed E-state index contributed by atoms with van der Waals surface area (Å²) in [5, 5.41) is 0.262. The Hall–Kier alpha value is -0.180. The fourth-order valence-electron chi connectivity index (χ4n) is 0.487. The number of carbonyl (C=O) groups is 1. The van der Waals surface area contributed by atoms with Gasteiger partial charge in [-0.1, -0.05) is 0 Å². The van der Waals surface area contributed by atoms with E-state index in [1.807, 2.05) is 0 Å². The molecule has 40 valence electrons. The van der Waals surface area contributed by atoms with Crippen LogP contribution in [0.2, 0.25) is 0 Å². The van der Waals surface area contributed by atoms with E-state index in [1.165, 1.54) is 0 Å². The number of primary amides is 1. The number of nitrogens with two attached hydrogens (primary N) is 1. The second-order valence-electron chi connectivity index (χ2n) is 1.81. The first-order chi connectivity index (χ1) is 3.22. The van der Waals surface area contributed by atoms with E-state index < -0.39 is 0 Å². The molecule has 2 nitrogen and oxygen atoms in total. The fourth-order valence-corrected chi connectivity index (χ4v) is 0.861. The van der Waals surface area contributed by atoms with Crippen molar-refractivity contribution in [2.45, 2.75) is 11.7 Å². The standard InChI is InChI=1S/C4H7NOS/c5-4(6)2-1-3(2)7/h2-3,7H,1H2,(H2,5,6). The maximum Gasteiger partial charge on any atom is 0.221 e. The Morgan fingerprint density at radius 3 is 2.29 bits per heavy atom. The van der Waals surface area contributed by atoms with Crippen LogP contribution in [0.5, 0.6) is 0 Å². The third-order valence-electron chi connectivity index (χ3n) is 1.12. The predicted molar refractivity (Wildman–Crippen MR) is 30.1 cm³/mol. The summed E-state index contributed by atoms with van der Waals surface area (Å²) in [6.45, 7) is 0. The molecule has 1 aliphatic rings. The number of rotatable bonds is 1. The lowest BCUT2D eigenvalue weighted by Gasteiger charge is -1.80. The molecule has 7 heavy (non-hydrogen) atoms. The van der Waals surface area contributed by atoms with Crippen molar-refractivity contribution in [1.29, 1.82) is 0 Å². The Bertz CT molecular complexity index is 104. The highest BCUT2D eigenvalue weighted by molar-refractivity contribution is 7.81. The van der Waals surface area contributed by atoms with Crippen molar-refractivity contribution in [1.82, 2.24) is 0 Å². The van der Waals surface area contributed by atoms with E-state index in [9.17, 15) is 4.79 Å². The monoisotopic (exact) mass is 117 g/mol. The molecule has 0 spiro atoms. The molecular formula is C4H7NOS. The summed E-state index contributed by atoms with van der Waals surface area (Å²) in [6.07, 6.45) is 0.873. The highest BCUT2D eigenvalue weighted by atomic mass is 32.1. The molecule has 1 fully saturated rings. The SMILES string of the molecule is NC(=O)C1CC1S. The molecule has 0 radical (unpaired) electrons. The van der Waals surface area contributed by atoms with Gasteiger partial charge in [-0.3, -0.25) is 4.79 Å². The smallest absolute Gasteiger partial charge is 0.221 e. The van der Waals surface area contributed by atoms with Crippen LogP contribution >= 0.6 is 12.6 Å². The average Bonchev–Trinajstić information content (AvgIpc) is 2.17. The van der Waals surface area contributed by atoms with Crippen molar-refractivity contribution in [3.8, 4) is 0 Å². The van der Waals surface area contributed by atoms with E-state index in [2.05, 4.69) is 12.6 Å². The molecule has 0 saturated heterocycles. The van der Waals surface area contributed by atoms with E-state index in [0.29, 0.717) is 0 Å². The molecule has 0 aromatic carbocycles. The van der Waals surface area contributed by atoms with Crippen LogP contribution in [0.1, 0.15) is 6.42 Å². The Labute approximate surface area is 47.5 Å². The molecule has 1 saturated carbocycles. The van der Waals surface area contributed by atoms with E-state index in [0.717, 1.165) is 6.42 Å². The second-order valence-corrected chi connectivity index (χ2v) is 2.48. The van der Waals surface area contributed by atoms with Crippen molar-refractivity contribution in [2.75, 3.05) is 0 Å². The van der Waals surface area contributed by atoms with Crippen LogP contribution in [0.15, 0.2) is 0 Å². The highest BCUT2D eigenvalue weighted by Crippen LogP contribution is 2.34. The van der Waals surface area contributed by atoms with Crippen molar-refractivity contribution in [3.05, 3.63) is 0 Å². The van der Waals surface area contributed by atoms with Gasteiger partial charge in [0.15, 0.2) is 0 Å². The van der Waals surface area contributed by atoms with Gasteiger partial charge in [0, 0.05) is 5.25 Å². The van der Waals surface area contributed by atoms with E-state index in [-0.39, 0.29) is 17.1 Å². The molecule has 2 unspecified atom stereocenters. The molecule has 2 atom stereocenters. The minimum atomic E-state index is -0.208. The molecule has 0 aromatic heterocycles. The van der Waals surface area contributed by atoms with Gasteiger partial charge >= 0.3 is 0 Å². The van der Waals surface area contributed by atoms with Crippen molar-refractivity contribution in [2.24, 2.45) is 11.7 Å². The lowest BCUT2D eigenvalue weighted by atomic mass is 10.4. The van der Waals surface area contributed by atoms with Crippen LogP contribution < -0.4 is 5.73 Å². The normalized spacial score (nSPS) is 37.9. The summed E-state index contributed by atoms with van der Waals surface area (Å²) in [5.41, 5.74) is 4.90. The molecule has 3 heteroatoms. The molecule has 0 aromatic rings. The number of thiol groups is 1. The first-order valence-electron chi connectivity index (χ1n) is 2.19. The summed E-state index contributed by atoms with van der Waals surface area (Å²) < 4.78 is 0. The third-order valence-corrected chi connectivity index (χ3v) is 1.69. The molecule has 1 aliphatic carbocycles. The molecule has 0 heterocycles. The molecular weight excluding hydrogens is 110 g/mol. The summed E-state index contributed by atoms with van der Waals surface area (Å²) in [4.78, 5) is 10.1. The summed E-state index contributed by atoms with van der Waals surface area (Å²) in [6, 6.07) is 0. The number of carbonyl (C=O) groups excluding carboxylic acids is 1. The highest BCUT2D eigenvalue weighted by Gasteiger charge is 2.38. The first-order valence-corrected chi connectivity index (χ1v) is 2.71. The first kappa shape index (κ1) is 4.97. The molecule has 0 aliphatic heterocycles. The van der Waals surface area contributed by atoms with Gasteiger partial charge in [0.2, 0.25) is 5.91 Å². The topological polar surface area (TPSA) is 43.1 Å². The zero-order valence-corrected chi connectivity index (χ0v) is 4.69. The fraction of sp³-hybridized carbons (Fsp3) is 0.750. The molecule has 2 N–H and O–H groups in total. The number of hydrogen-bond acceptors (Lipinski definition) is 2. The maximum absolute atomic E-state index is 10.1. The third kappa shape index (κ3) is 0.881. The van der Waals surface area contributed by atoms with Gasteiger partial charge in [-0.05, 0) is 6.42 Å². The summed E-state index contributed by atoms with van der Waals surface area (Å²) in [7, 11) is 0. The Balaban J connectivity index is 2.33. The molecule has 0 bridgehead atoms. The minimum absolute atomic E-state index is 0.0725. The zero-order valence-electron chi connectivity index (χ0n) is 3.79. The number of hydrogen-bond donors (Lipinski definition) is 2. The van der Waals surface area contributed by atoms with Crippen LogP contribution in [-0.4, -0.2) is 11.2 Å². The largest absolute Gasteiger partial charge is 0.369 e.